The number of hydrogen-bond donors (Lipinski definition) is 1. The van der Waals surface area contributed by atoms with E-state index in [0.29, 0.717) is 5.56 Å². The Morgan fingerprint density at radius 3 is 2.33 bits per heavy atom. The molecule has 6 heteroatoms. The smallest absolute Gasteiger partial charge is 0.251 e. The van der Waals surface area contributed by atoms with Gasteiger partial charge in [-0.05, 0) is 79.3 Å². The first-order chi connectivity index (χ1) is 19.2. The molecule has 214 valence electrons. The zero-order chi connectivity index (χ0) is 28.1. The van der Waals surface area contributed by atoms with Gasteiger partial charge in [0.25, 0.3) is 5.91 Å². The van der Waals surface area contributed by atoms with Crippen LogP contribution in [0.3, 0.4) is 0 Å². The van der Waals surface area contributed by atoms with Crippen molar-refractivity contribution < 1.29 is 13.9 Å². The fourth-order valence-electron chi connectivity index (χ4n) is 5.86. The highest BCUT2D eigenvalue weighted by Crippen LogP contribution is 2.26. The number of likely N-dealkylation sites (tertiary alicyclic amines) is 2. The van der Waals surface area contributed by atoms with Gasteiger partial charge in [0, 0.05) is 50.0 Å². The molecule has 5 nitrogen and oxygen atoms in total. The largest absolute Gasteiger partial charge is 0.487 e. The van der Waals surface area contributed by atoms with Crippen LogP contribution in [0.4, 0.5) is 4.39 Å². The van der Waals surface area contributed by atoms with E-state index in [9.17, 15) is 9.18 Å². The lowest BCUT2D eigenvalue weighted by Crippen LogP contribution is -2.44. The minimum Gasteiger partial charge on any atom is -0.487 e. The Labute approximate surface area is 239 Å². The maximum Gasteiger partial charge on any atom is 0.251 e. The second kappa shape index (κ2) is 12.6. The summed E-state index contributed by atoms with van der Waals surface area (Å²) in [5, 5.41) is 3.11. The van der Waals surface area contributed by atoms with Gasteiger partial charge in [-0.1, -0.05) is 57.2 Å². The summed E-state index contributed by atoms with van der Waals surface area (Å²) in [6, 6.07) is 13.6. The molecule has 2 heterocycles. The number of carbonyl (C=O) groups excluding carboxylic acids is 1. The number of hydrogen-bond acceptors (Lipinski definition) is 4. The van der Waals surface area contributed by atoms with Crippen molar-refractivity contribution in [2.24, 2.45) is 0 Å². The lowest BCUT2D eigenvalue weighted by atomic mass is 9.86. The first-order valence-electron chi connectivity index (χ1n) is 14.9. The van der Waals surface area contributed by atoms with Crippen molar-refractivity contribution in [1.82, 2.24) is 15.1 Å². The van der Waals surface area contributed by atoms with E-state index in [1.165, 1.54) is 22.9 Å². The monoisotopic (exact) mass is 545 g/mol. The van der Waals surface area contributed by atoms with E-state index in [0.717, 1.165) is 71.2 Å². The molecule has 2 aromatic rings. The minimum absolute atomic E-state index is 0.0204. The number of halogens is 1. The van der Waals surface area contributed by atoms with Crippen LogP contribution in [-0.2, 0) is 12.0 Å². The quantitative estimate of drug-likeness (QED) is 0.426. The molecule has 3 aliphatic rings. The number of nitrogens with zero attached hydrogens (tertiary/aromatic N) is 2. The Bertz CT molecular complexity index is 1210. The summed E-state index contributed by atoms with van der Waals surface area (Å²) in [5.74, 6) is -0.459. The third-order valence-corrected chi connectivity index (χ3v) is 8.42. The number of carbonyl (C=O) groups is 1. The molecule has 0 atom stereocenters. The molecule has 0 aromatic heterocycles. The second-order valence-electron chi connectivity index (χ2n) is 12.5. The molecular formula is C34H44FN3O2. The Balaban J connectivity index is 1.06. The standard InChI is InChI=1S/C34H44FN3O2/c1-34(2,3)27-12-9-25(10-13-27)24-37-19-17-30(18-20-37)40-32-14-11-26(23-31(32)35)33(39)36-28-15-21-38(22-16-28)29-7-5-4-6-8-29/h5,7-14,23,28,30H,4,6,15-22,24H2,1-3H3,(H,36,39). The van der Waals surface area contributed by atoms with Gasteiger partial charge in [-0.2, -0.15) is 0 Å². The zero-order valence-electron chi connectivity index (χ0n) is 24.3. The average Bonchev–Trinajstić information content (AvgIpc) is 2.96. The van der Waals surface area contributed by atoms with E-state index >= 15 is 0 Å². The SMILES string of the molecule is CC(C)(C)c1ccc(CN2CCC(Oc3ccc(C(=O)NC4CCN(C5=CCCC=C5)CC4)cc3F)CC2)cc1. The maximum atomic E-state index is 14.9. The van der Waals surface area contributed by atoms with E-state index in [4.69, 9.17) is 4.74 Å². The lowest BCUT2D eigenvalue weighted by molar-refractivity contribution is 0.0912. The van der Waals surface area contributed by atoms with Crippen LogP contribution < -0.4 is 10.1 Å². The van der Waals surface area contributed by atoms with Crippen molar-refractivity contribution >= 4 is 5.91 Å². The van der Waals surface area contributed by atoms with E-state index in [-0.39, 0.29) is 29.2 Å². The average molecular weight is 546 g/mol. The fraction of sp³-hybridized carbons (Fsp3) is 0.500. The first-order valence-corrected chi connectivity index (χ1v) is 14.9. The minimum atomic E-state index is -0.472. The second-order valence-corrected chi connectivity index (χ2v) is 12.5. The number of rotatable bonds is 7. The van der Waals surface area contributed by atoms with Crippen molar-refractivity contribution in [3.8, 4) is 5.75 Å². The van der Waals surface area contributed by atoms with Crippen LogP contribution in [0.25, 0.3) is 0 Å². The highest BCUT2D eigenvalue weighted by atomic mass is 19.1. The van der Waals surface area contributed by atoms with Gasteiger partial charge in [0.05, 0.1) is 0 Å². The predicted octanol–water partition coefficient (Wildman–Crippen LogP) is 6.59. The van der Waals surface area contributed by atoms with E-state index < -0.39 is 5.82 Å². The molecule has 0 bridgehead atoms. The molecule has 2 aromatic carbocycles. The fourth-order valence-corrected chi connectivity index (χ4v) is 5.86. The van der Waals surface area contributed by atoms with Gasteiger partial charge in [-0.3, -0.25) is 9.69 Å². The van der Waals surface area contributed by atoms with E-state index in [2.05, 4.69) is 78.4 Å². The molecule has 40 heavy (non-hydrogen) atoms. The van der Waals surface area contributed by atoms with Crippen LogP contribution in [0.15, 0.2) is 66.4 Å². The van der Waals surface area contributed by atoms with Crippen LogP contribution in [-0.4, -0.2) is 54.0 Å². The number of nitrogens with one attached hydrogen (secondary N) is 1. The Hall–Kier alpha value is -3.12. The molecular weight excluding hydrogens is 501 g/mol. The summed E-state index contributed by atoms with van der Waals surface area (Å²) in [5.41, 5.74) is 4.47. The zero-order valence-corrected chi connectivity index (χ0v) is 24.3. The third-order valence-electron chi connectivity index (χ3n) is 8.42. The molecule has 2 saturated heterocycles. The summed E-state index contributed by atoms with van der Waals surface area (Å²) < 4.78 is 21.0. The Morgan fingerprint density at radius 2 is 1.70 bits per heavy atom. The molecule has 5 rings (SSSR count). The molecule has 2 aliphatic heterocycles. The van der Waals surface area contributed by atoms with Crippen LogP contribution >= 0.6 is 0 Å². The molecule has 1 N–H and O–H groups in total. The first kappa shape index (κ1) is 28.4. The van der Waals surface area contributed by atoms with Crippen molar-refractivity contribution in [3.63, 3.8) is 0 Å². The molecule has 1 amide bonds. The summed E-state index contributed by atoms with van der Waals surface area (Å²) >= 11 is 0. The Morgan fingerprint density at radius 1 is 0.975 bits per heavy atom. The molecule has 0 saturated carbocycles. The van der Waals surface area contributed by atoms with Crippen LogP contribution in [0, 0.1) is 5.82 Å². The maximum absolute atomic E-state index is 14.9. The topological polar surface area (TPSA) is 44.8 Å². The van der Waals surface area contributed by atoms with Gasteiger partial charge >= 0.3 is 0 Å². The molecule has 1 aliphatic carbocycles. The summed E-state index contributed by atoms with van der Waals surface area (Å²) in [6.07, 6.45) is 12.4. The van der Waals surface area contributed by atoms with Crippen LogP contribution in [0.1, 0.15) is 80.8 Å². The van der Waals surface area contributed by atoms with Crippen molar-refractivity contribution in [2.45, 2.75) is 83.4 Å². The lowest BCUT2D eigenvalue weighted by Gasteiger charge is -2.35. The summed E-state index contributed by atoms with van der Waals surface area (Å²) in [6.45, 7) is 11.3. The van der Waals surface area contributed by atoms with Crippen LogP contribution in [0.2, 0.25) is 0 Å². The van der Waals surface area contributed by atoms with Crippen molar-refractivity contribution in [3.05, 3.63) is 88.9 Å². The molecule has 2 fully saturated rings. The highest BCUT2D eigenvalue weighted by Gasteiger charge is 2.24. The molecule has 0 radical (unpaired) electrons. The third kappa shape index (κ3) is 7.34. The van der Waals surface area contributed by atoms with Gasteiger partial charge < -0.3 is 15.0 Å². The van der Waals surface area contributed by atoms with Crippen molar-refractivity contribution in [2.75, 3.05) is 26.2 Å². The van der Waals surface area contributed by atoms with E-state index in [1.54, 1.807) is 12.1 Å². The Kier molecular flexibility index (Phi) is 8.94. The van der Waals surface area contributed by atoms with Gasteiger partial charge in [-0.15, -0.1) is 0 Å². The van der Waals surface area contributed by atoms with E-state index in [1.807, 2.05) is 0 Å². The predicted molar refractivity (Wildman–Crippen MR) is 159 cm³/mol. The number of ether oxygens (including phenoxy) is 1. The highest BCUT2D eigenvalue weighted by molar-refractivity contribution is 5.94. The summed E-state index contributed by atoms with van der Waals surface area (Å²) in [4.78, 5) is 17.7. The van der Waals surface area contributed by atoms with Gasteiger partial charge in [-0.25, -0.2) is 4.39 Å². The molecule has 0 spiro atoms. The normalized spacial score (nSPS) is 19.4. The number of benzene rings is 2. The van der Waals surface area contributed by atoms with Gasteiger partial charge in [0.2, 0.25) is 0 Å². The number of allylic oxidation sites excluding steroid dienone is 3. The van der Waals surface area contributed by atoms with Gasteiger partial charge in [0.1, 0.15) is 6.10 Å². The number of piperidine rings is 2. The van der Waals surface area contributed by atoms with Crippen molar-refractivity contribution in [1.29, 1.82) is 0 Å². The van der Waals surface area contributed by atoms with Crippen LogP contribution in [0.5, 0.6) is 5.75 Å². The number of amides is 1. The van der Waals surface area contributed by atoms with Gasteiger partial charge in [0.15, 0.2) is 11.6 Å². The summed E-state index contributed by atoms with van der Waals surface area (Å²) in [7, 11) is 0. The molecule has 0 unspecified atom stereocenters.